The first-order valence-corrected chi connectivity index (χ1v) is 13.4. The molecule has 0 spiro atoms. The van der Waals surface area contributed by atoms with Crippen molar-refractivity contribution in [1.29, 1.82) is 0 Å². The largest absolute Gasteiger partial charge is 0.480 e. The van der Waals surface area contributed by atoms with Crippen molar-refractivity contribution in [3.8, 4) is 11.8 Å². The van der Waals surface area contributed by atoms with Gasteiger partial charge in [0.1, 0.15) is 18.2 Å². The van der Waals surface area contributed by atoms with Crippen LogP contribution >= 0.6 is 0 Å². The number of alkyl carbamates (subject to hydrolysis) is 2. The average molecular weight is 535 g/mol. The van der Waals surface area contributed by atoms with Crippen LogP contribution in [0.3, 0.4) is 0 Å². The van der Waals surface area contributed by atoms with Gasteiger partial charge in [-0.3, -0.25) is 0 Å². The van der Waals surface area contributed by atoms with Crippen LogP contribution in [0.1, 0.15) is 74.3 Å². The Hall–Kier alpha value is -3.99. The van der Waals surface area contributed by atoms with E-state index in [1.165, 1.54) is 11.1 Å². The van der Waals surface area contributed by atoms with E-state index < -0.39 is 29.8 Å². The predicted molar refractivity (Wildman–Crippen MR) is 148 cm³/mol. The number of nitrogens with one attached hydrogen (secondary N) is 2. The SMILES string of the molecule is CC(C)(C)OC(=O)NC(CCc1ccc(C#CCCNC(=O)OCc2ccccc2)c2c1CCCC2)C(=O)O. The third kappa shape index (κ3) is 10.0. The number of carboxylic acids is 1. The van der Waals surface area contributed by atoms with Gasteiger partial charge in [0.25, 0.3) is 0 Å². The van der Waals surface area contributed by atoms with E-state index in [0.717, 1.165) is 42.4 Å². The minimum atomic E-state index is -1.09. The number of carbonyl (C=O) groups excluding carboxylic acids is 2. The molecule has 2 aromatic rings. The average Bonchev–Trinajstić information content (AvgIpc) is 2.89. The Morgan fingerprint density at radius 1 is 1.00 bits per heavy atom. The number of hydrogen-bond donors (Lipinski definition) is 3. The maximum absolute atomic E-state index is 12.1. The van der Waals surface area contributed by atoms with Crippen LogP contribution < -0.4 is 10.6 Å². The molecule has 3 rings (SSSR count). The number of ether oxygens (including phenoxy) is 2. The fourth-order valence-corrected chi connectivity index (χ4v) is 4.46. The smallest absolute Gasteiger partial charge is 0.408 e. The summed E-state index contributed by atoms with van der Waals surface area (Å²) in [5.41, 5.74) is 4.74. The van der Waals surface area contributed by atoms with Gasteiger partial charge in [0.05, 0.1) is 0 Å². The fourth-order valence-electron chi connectivity index (χ4n) is 4.46. The summed E-state index contributed by atoms with van der Waals surface area (Å²) in [6, 6.07) is 12.5. The third-order valence-electron chi connectivity index (χ3n) is 6.28. The predicted octanol–water partition coefficient (Wildman–Crippen LogP) is 5.14. The number of benzene rings is 2. The summed E-state index contributed by atoms with van der Waals surface area (Å²) in [6.07, 6.45) is 4.08. The lowest BCUT2D eigenvalue weighted by Crippen LogP contribution is -2.43. The van der Waals surface area contributed by atoms with Gasteiger partial charge in [-0.1, -0.05) is 48.2 Å². The van der Waals surface area contributed by atoms with Crippen LogP contribution in [0.25, 0.3) is 0 Å². The van der Waals surface area contributed by atoms with Crippen molar-refractivity contribution >= 4 is 18.2 Å². The molecule has 0 fully saturated rings. The lowest BCUT2D eigenvalue weighted by Gasteiger charge is -2.23. The lowest BCUT2D eigenvalue weighted by molar-refractivity contribution is -0.139. The standard InChI is InChI=1S/C31H38N2O6/c1-31(2,3)39-30(37)33-27(28(34)35)19-18-24-17-16-23(25-14-7-8-15-26(24)25)13-9-10-20-32-29(36)38-21-22-11-5-4-6-12-22/h4-6,11-12,16-17,27H,7-8,10,14-15,18-21H2,1-3H3,(H,32,36)(H,33,37)(H,34,35). The number of fused-ring (bicyclic) bond motifs is 1. The van der Waals surface area contributed by atoms with Gasteiger partial charge in [0.15, 0.2) is 0 Å². The maximum atomic E-state index is 12.1. The molecule has 208 valence electrons. The molecule has 1 aliphatic rings. The molecule has 0 saturated heterocycles. The van der Waals surface area contributed by atoms with Gasteiger partial charge in [-0.2, -0.15) is 0 Å². The van der Waals surface area contributed by atoms with Crippen LogP contribution in [0, 0.1) is 11.8 Å². The zero-order valence-electron chi connectivity index (χ0n) is 23.0. The van der Waals surface area contributed by atoms with E-state index >= 15 is 0 Å². The lowest BCUT2D eigenvalue weighted by atomic mass is 9.83. The number of hydrogen-bond acceptors (Lipinski definition) is 5. The monoisotopic (exact) mass is 534 g/mol. The van der Waals surface area contributed by atoms with Crippen molar-refractivity contribution in [2.24, 2.45) is 0 Å². The third-order valence-corrected chi connectivity index (χ3v) is 6.28. The van der Waals surface area contributed by atoms with Gasteiger partial charge in [-0.15, -0.1) is 0 Å². The molecular formula is C31H38N2O6. The molecule has 1 atom stereocenters. The van der Waals surface area contributed by atoms with E-state index in [2.05, 4.69) is 22.5 Å². The highest BCUT2D eigenvalue weighted by molar-refractivity contribution is 5.80. The minimum Gasteiger partial charge on any atom is -0.480 e. The summed E-state index contributed by atoms with van der Waals surface area (Å²) in [7, 11) is 0. The Bertz CT molecular complexity index is 1210. The van der Waals surface area contributed by atoms with Gasteiger partial charge in [-0.05, 0) is 87.6 Å². The molecule has 1 unspecified atom stereocenters. The zero-order chi connectivity index (χ0) is 28.3. The molecule has 0 radical (unpaired) electrons. The van der Waals surface area contributed by atoms with Crippen LogP contribution in [0.4, 0.5) is 9.59 Å². The normalized spacial score (nSPS) is 13.2. The van der Waals surface area contributed by atoms with Crippen LogP contribution in [-0.2, 0) is 40.1 Å². The first kappa shape index (κ1) is 29.6. The van der Waals surface area contributed by atoms with E-state index in [1.807, 2.05) is 42.5 Å². The van der Waals surface area contributed by atoms with Crippen molar-refractivity contribution < 1.29 is 29.0 Å². The van der Waals surface area contributed by atoms with Crippen molar-refractivity contribution in [3.63, 3.8) is 0 Å². The Morgan fingerprint density at radius 2 is 1.72 bits per heavy atom. The minimum absolute atomic E-state index is 0.223. The summed E-state index contributed by atoms with van der Waals surface area (Å²) in [5, 5.41) is 14.8. The topological polar surface area (TPSA) is 114 Å². The quantitative estimate of drug-likeness (QED) is 0.303. The number of carboxylic acid groups (broad SMARTS) is 1. The van der Waals surface area contributed by atoms with E-state index in [-0.39, 0.29) is 13.0 Å². The highest BCUT2D eigenvalue weighted by Gasteiger charge is 2.25. The first-order chi connectivity index (χ1) is 18.6. The van der Waals surface area contributed by atoms with Gasteiger partial charge in [-0.25, -0.2) is 14.4 Å². The van der Waals surface area contributed by atoms with Crippen molar-refractivity contribution in [1.82, 2.24) is 10.6 Å². The Kier molecular flexibility index (Phi) is 10.8. The number of amides is 2. The zero-order valence-corrected chi connectivity index (χ0v) is 23.0. The summed E-state index contributed by atoms with van der Waals surface area (Å²) in [6.45, 7) is 5.81. The highest BCUT2D eigenvalue weighted by Crippen LogP contribution is 2.28. The first-order valence-electron chi connectivity index (χ1n) is 13.4. The summed E-state index contributed by atoms with van der Waals surface area (Å²) < 4.78 is 10.4. The van der Waals surface area contributed by atoms with Crippen LogP contribution in [-0.4, -0.2) is 41.4 Å². The Morgan fingerprint density at radius 3 is 2.41 bits per heavy atom. The Balaban J connectivity index is 1.55. The molecular weight excluding hydrogens is 496 g/mol. The van der Waals surface area contributed by atoms with E-state index in [4.69, 9.17) is 9.47 Å². The Labute approximate surface area is 230 Å². The van der Waals surface area contributed by atoms with E-state index in [0.29, 0.717) is 19.4 Å². The molecule has 0 aliphatic heterocycles. The van der Waals surface area contributed by atoms with Crippen LogP contribution in [0.2, 0.25) is 0 Å². The molecule has 2 amide bonds. The maximum Gasteiger partial charge on any atom is 0.408 e. The number of aliphatic carboxylic acids is 1. The molecule has 8 nitrogen and oxygen atoms in total. The van der Waals surface area contributed by atoms with Crippen molar-refractivity contribution in [2.45, 2.75) is 84.0 Å². The highest BCUT2D eigenvalue weighted by atomic mass is 16.6. The second-order valence-corrected chi connectivity index (χ2v) is 10.6. The molecule has 39 heavy (non-hydrogen) atoms. The van der Waals surface area contributed by atoms with Crippen LogP contribution in [0.5, 0.6) is 0 Å². The second-order valence-electron chi connectivity index (χ2n) is 10.6. The molecule has 0 heterocycles. The van der Waals surface area contributed by atoms with Crippen molar-refractivity contribution in [3.05, 3.63) is 70.3 Å². The molecule has 0 aromatic heterocycles. The van der Waals surface area contributed by atoms with E-state index in [1.54, 1.807) is 20.8 Å². The molecule has 1 aliphatic carbocycles. The molecule has 0 saturated carbocycles. The molecule has 0 bridgehead atoms. The molecule has 8 heteroatoms. The molecule has 3 N–H and O–H groups in total. The fraction of sp³-hybridized carbons (Fsp3) is 0.452. The molecule has 2 aromatic carbocycles. The number of rotatable bonds is 9. The van der Waals surface area contributed by atoms with E-state index in [9.17, 15) is 19.5 Å². The number of aryl methyl sites for hydroxylation is 1. The van der Waals surface area contributed by atoms with Crippen LogP contribution in [0.15, 0.2) is 42.5 Å². The van der Waals surface area contributed by atoms with Gasteiger partial charge in [0.2, 0.25) is 0 Å². The number of carbonyl (C=O) groups is 3. The summed E-state index contributed by atoms with van der Waals surface area (Å²) in [4.78, 5) is 35.8. The van der Waals surface area contributed by atoms with Gasteiger partial charge >= 0.3 is 18.2 Å². The van der Waals surface area contributed by atoms with Gasteiger partial charge in [0, 0.05) is 18.5 Å². The summed E-state index contributed by atoms with van der Waals surface area (Å²) in [5.74, 6) is 5.31. The van der Waals surface area contributed by atoms with Gasteiger partial charge < -0.3 is 25.2 Å². The van der Waals surface area contributed by atoms with Crippen molar-refractivity contribution in [2.75, 3.05) is 6.54 Å². The second kappa shape index (κ2) is 14.2. The summed E-state index contributed by atoms with van der Waals surface area (Å²) >= 11 is 0.